The van der Waals surface area contributed by atoms with Gasteiger partial charge in [-0.2, -0.15) is 0 Å². The van der Waals surface area contributed by atoms with Crippen molar-refractivity contribution >= 4 is 34.3 Å². The highest BCUT2D eigenvalue weighted by atomic mass is 35.5. The molecule has 3 nitrogen and oxygen atoms in total. The van der Waals surface area contributed by atoms with E-state index in [-0.39, 0.29) is 6.61 Å². The van der Waals surface area contributed by atoms with E-state index in [9.17, 15) is 0 Å². The molecule has 0 amide bonds. The molecule has 3 rings (SSSR count). The number of aliphatic hydroxyl groups is 1. The van der Waals surface area contributed by atoms with E-state index in [0.717, 1.165) is 5.56 Å². The molecule has 110 valence electrons. The number of rotatable bonds is 2. The van der Waals surface area contributed by atoms with Crippen molar-refractivity contribution in [2.45, 2.75) is 6.42 Å². The van der Waals surface area contributed by atoms with Crippen LogP contribution in [0.3, 0.4) is 0 Å². The first-order valence-electron chi connectivity index (χ1n) is 6.59. The molecule has 0 atom stereocenters. The third-order valence-electron chi connectivity index (χ3n) is 3.07. The predicted molar refractivity (Wildman–Crippen MR) is 87.2 cm³/mol. The van der Waals surface area contributed by atoms with Crippen molar-refractivity contribution in [2.24, 2.45) is 0 Å². The lowest BCUT2D eigenvalue weighted by Gasteiger charge is -1.97. The predicted octanol–water partition coefficient (Wildman–Crippen LogP) is 4.07. The lowest BCUT2D eigenvalue weighted by Crippen LogP contribution is -1.87. The Morgan fingerprint density at radius 3 is 2.59 bits per heavy atom. The first-order valence-corrected chi connectivity index (χ1v) is 7.34. The SMILES string of the molecule is OCC#Cc1cc(Cl)cc2nc(Cc3ccc(Cl)cc3)oc12. The lowest BCUT2D eigenvalue weighted by atomic mass is 10.1. The van der Waals surface area contributed by atoms with E-state index < -0.39 is 0 Å². The van der Waals surface area contributed by atoms with Gasteiger partial charge < -0.3 is 9.52 Å². The summed E-state index contributed by atoms with van der Waals surface area (Å²) in [5.74, 6) is 6.00. The molecule has 0 spiro atoms. The molecule has 1 heterocycles. The Hall–Kier alpha value is -1.99. The second-order valence-electron chi connectivity index (χ2n) is 4.67. The van der Waals surface area contributed by atoms with E-state index in [1.54, 1.807) is 12.1 Å². The van der Waals surface area contributed by atoms with Crippen LogP contribution >= 0.6 is 23.2 Å². The summed E-state index contributed by atoms with van der Waals surface area (Å²) < 4.78 is 5.80. The molecular weight excluding hydrogens is 321 g/mol. The van der Waals surface area contributed by atoms with Gasteiger partial charge in [0.2, 0.25) is 0 Å². The molecular formula is C17H11Cl2NO2. The van der Waals surface area contributed by atoms with Crippen LogP contribution in [0.2, 0.25) is 10.0 Å². The molecule has 5 heteroatoms. The van der Waals surface area contributed by atoms with Gasteiger partial charge in [-0.05, 0) is 29.8 Å². The third-order valence-corrected chi connectivity index (χ3v) is 3.54. The number of fused-ring (bicyclic) bond motifs is 1. The van der Waals surface area contributed by atoms with Crippen LogP contribution in [0.15, 0.2) is 40.8 Å². The number of nitrogens with zero attached hydrogens (tertiary/aromatic N) is 1. The lowest BCUT2D eigenvalue weighted by molar-refractivity contribution is 0.350. The van der Waals surface area contributed by atoms with Crippen molar-refractivity contribution in [3.05, 3.63) is 63.5 Å². The maximum absolute atomic E-state index is 8.83. The van der Waals surface area contributed by atoms with Gasteiger partial charge in [-0.15, -0.1) is 0 Å². The highest BCUT2D eigenvalue weighted by Gasteiger charge is 2.11. The topological polar surface area (TPSA) is 46.3 Å². The number of benzene rings is 2. The maximum Gasteiger partial charge on any atom is 0.199 e. The standard InChI is InChI=1S/C17H11Cl2NO2/c18-13-5-3-11(4-6-13)8-16-20-15-10-14(19)9-12(2-1-7-21)17(15)22-16/h3-6,9-10,21H,7-8H2. The average molecular weight is 332 g/mol. The summed E-state index contributed by atoms with van der Waals surface area (Å²) >= 11 is 11.9. The van der Waals surface area contributed by atoms with Crippen LogP contribution in [0.1, 0.15) is 17.0 Å². The van der Waals surface area contributed by atoms with Gasteiger partial charge in [-0.1, -0.05) is 47.2 Å². The fourth-order valence-electron chi connectivity index (χ4n) is 2.12. The van der Waals surface area contributed by atoms with Crippen LogP contribution < -0.4 is 0 Å². The average Bonchev–Trinajstić information content (AvgIpc) is 2.89. The van der Waals surface area contributed by atoms with Crippen molar-refractivity contribution in [1.29, 1.82) is 0 Å². The minimum Gasteiger partial charge on any atom is -0.439 e. The zero-order valence-electron chi connectivity index (χ0n) is 11.4. The van der Waals surface area contributed by atoms with Gasteiger partial charge in [0.25, 0.3) is 0 Å². The molecule has 0 radical (unpaired) electrons. The zero-order valence-corrected chi connectivity index (χ0v) is 12.9. The second kappa shape index (κ2) is 6.41. The van der Waals surface area contributed by atoms with Gasteiger partial charge in [0.15, 0.2) is 11.5 Å². The summed E-state index contributed by atoms with van der Waals surface area (Å²) in [6, 6.07) is 10.9. The van der Waals surface area contributed by atoms with Crippen molar-refractivity contribution in [3.63, 3.8) is 0 Å². The third kappa shape index (κ3) is 3.26. The maximum atomic E-state index is 8.83. The van der Waals surface area contributed by atoms with Crippen LogP contribution in [0.5, 0.6) is 0 Å². The van der Waals surface area contributed by atoms with Gasteiger partial charge in [-0.25, -0.2) is 4.98 Å². The fraction of sp³-hybridized carbons (Fsp3) is 0.118. The minimum atomic E-state index is -0.222. The molecule has 0 aliphatic carbocycles. The molecule has 0 fully saturated rings. The van der Waals surface area contributed by atoms with Gasteiger partial charge >= 0.3 is 0 Å². The fourth-order valence-corrected chi connectivity index (χ4v) is 2.46. The largest absolute Gasteiger partial charge is 0.439 e. The number of halogens is 2. The highest BCUT2D eigenvalue weighted by Crippen LogP contribution is 2.25. The molecule has 3 aromatic rings. The summed E-state index contributed by atoms with van der Waals surface area (Å²) in [6.45, 7) is -0.222. The Bertz CT molecular complexity index is 873. The summed E-state index contributed by atoms with van der Waals surface area (Å²) in [7, 11) is 0. The Labute approximate surface area is 137 Å². The molecule has 0 aliphatic heterocycles. The molecule has 0 aliphatic rings. The molecule has 1 aromatic heterocycles. The molecule has 0 saturated carbocycles. The Kier molecular flexibility index (Phi) is 4.35. The monoisotopic (exact) mass is 331 g/mol. The smallest absolute Gasteiger partial charge is 0.199 e. The van der Waals surface area contributed by atoms with Gasteiger partial charge in [0.1, 0.15) is 12.1 Å². The highest BCUT2D eigenvalue weighted by molar-refractivity contribution is 6.31. The van der Waals surface area contributed by atoms with Crippen LogP contribution in [-0.2, 0) is 6.42 Å². The number of hydrogen-bond donors (Lipinski definition) is 1. The minimum absolute atomic E-state index is 0.222. The number of aliphatic hydroxyl groups excluding tert-OH is 1. The Morgan fingerprint density at radius 2 is 1.86 bits per heavy atom. The number of aromatic nitrogens is 1. The first kappa shape index (κ1) is 14.9. The normalized spacial score (nSPS) is 10.5. The summed E-state index contributed by atoms with van der Waals surface area (Å²) in [5, 5.41) is 10.0. The molecule has 0 saturated heterocycles. The van der Waals surface area contributed by atoms with Crippen LogP contribution in [0, 0.1) is 11.8 Å². The van der Waals surface area contributed by atoms with Crippen LogP contribution in [-0.4, -0.2) is 16.7 Å². The molecule has 2 aromatic carbocycles. The van der Waals surface area contributed by atoms with E-state index in [4.69, 9.17) is 32.7 Å². The molecule has 0 bridgehead atoms. The number of hydrogen-bond acceptors (Lipinski definition) is 3. The van der Waals surface area contributed by atoms with E-state index in [2.05, 4.69) is 16.8 Å². The van der Waals surface area contributed by atoms with Crippen molar-refractivity contribution in [2.75, 3.05) is 6.61 Å². The van der Waals surface area contributed by atoms with E-state index in [0.29, 0.717) is 39.0 Å². The van der Waals surface area contributed by atoms with Gasteiger partial charge in [0.05, 0.1) is 5.56 Å². The van der Waals surface area contributed by atoms with Crippen LogP contribution in [0.25, 0.3) is 11.1 Å². The van der Waals surface area contributed by atoms with Crippen LogP contribution in [0.4, 0.5) is 0 Å². The van der Waals surface area contributed by atoms with Crippen molar-refractivity contribution < 1.29 is 9.52 Å². The van der Waals surface area contributed by atoms with Crippen molar-refractivity contribution in [3.8, 4) is 11.8 Å². The van der Waals surface area contributed by atoms with Crippen molar-refractivity contribution in [1.82, 2.24) is 4.98 Å². The van der Waals surface area contributed by atoms with E-state index >= 15 is 0 Å². The first-order chi connectivity index (χ1) is 10.7. The summed E-state index contributed by atoms with van der Waals surface area (Å²) in [4.78, 5) is 4.45. The van der Waals surface area contributed by atoms with Gasteiger partial charge in [0, 0.05) is 16.5 Å². The summed E-state index contributed by atoms with van der Waals surface area (Å²) in [6.07, 6.45) is 0.552. The molecule has 22 heavy (non-hydrogen) atoms. The van der Waals surface area contributed by atoms with Gasteiger partial charge in [-0.3, -0.25) is 0 Å². The van der Waals surface area contributed by atoms with E-state index in [1.807, 2.05) is 24.3 Å². The Balaban J connectivity index is 2.00. The Morgan fingerprint density at radius 1 is 1.09 bits per heavy atom. The molecule has 0 unspecified atom stereocenters. The summed E-state index contributed by atoms with van der Waals surface area (Å²) in [5.41, 5.74) is 2.89. The molecule has 1 N–H and O–H groups in total. The quantitative estimate of drug-likeness (QED) is 0.720. The second-order valence-corrected chi connectivity index (χ2v) is 5.55. The zero-order chi connectivity index (χ0) is 15.5. The number of oxazole rings is 1. The van der Waals surface area contributed by atoms with E-state index in [1.165, 1.54) is 0 Å².